The van der Waals surface area contributed by atoms with Gasteiger partial charge in [0.25, 0.3) is 0 Å². The molecule has 0 amide bonds. The van der Waals surface area contributed by atoms with Crippen molar-refractivity contribution in [1.29, 1.82) is 0 Å². The van der Waals surface area contributed by atoms with Crippen molar-refractivity contribution >= 4 is 6.79 Å². The summed E-state index contributed by atoms with van der Waals surface area (Å²) in [5.41, 5.74) is 0. The summed E-state index contributed by atoms with van der Waals surface area (Å²) < 4.78 is 0. The minimum Gasteiger partial charge on any atom is -0.307 e. The van der Waals surface area contributed by atoms with E-state index in [1.807, 2.05) is 43.2 Å². The molecule has 2 heteroatoms. The van der Waals surface area contributed by atoms with Crippen LogP contribution in [0.3, 0.4) is 0 Å². The van der Waals surface area contributed by atoms with Crippen LogP contribution < -0.4 is 0 Å². The maximum Gasteiger partial charge on any atom is 0.106 e. The van der Waals surface area contributed by atoms with Crippen LogP contribution in [0.1, 0.15) is 0 Å². The van der Waals surface area contributed by atoms with Crippen molar-refractivity contribution in [3.8, 4) is 0 Å². The minimum absolute atomic E-state index is 0. The first-order valence-electron chi connectivity index (χ1n) is 2.29. The van der Waals surface area contributed by atoms with Crippen molar-refractivity contribution < 1.29 is 24.6 Å². The van der Waals surface area contributed by atoms with Crippen LogP contribution in [-0.2, 0) is 24.6 Å². The molecular formula is C7H8OOs. The first-order valence-corrected chi connectivity index (χ1v) is 2.29. The van der Waals surface area contributed by atoms with E-state index in [0.717, 1.165) is 0 Å². The molecule has 50 valence electrons. The van der Waals surface area contributed by atoms with E-state index in [-0.39, 0.29) is 19.8 Å². The molecule has 1 aromatic carbocycles. The van der Waals surface area contributed by atoms with Crippen LogP contribution in [0.25, 0.3) is 0 Å². The Bertz CT molecular complexity index is 91.8. The van der Waals surface area contributed by atoms with Crippen molar-refractivity contribution in [2.24, 2.45) is 0 Å². The molecule has 0 bridgehead atoms. The zero-order valence-corrected chi connectivity index (χ0v) is 7.47. The quantitative estimate of drug-likeness (QED) is 0.709. The Balaban J connectivity index is 0. The van der Waals surface area contributed by atoms with Crippen molar-refractivity contribution in [3.05, 3.63) is 36.4 Å². The van der Waals surface area contributed by atoms with Crippen molar-refractivity contribution in [3.63, 3.8) is 0 Å². The standard InChI is InChI=1S/C6H6.CH2O.Os/c1-2-4-6-5-3-1;1-2;/h1-6H;1H2;. The minimum atomic E-state index is 0. The molecule has 0 saturated carbocycles. The largest absolute Gasteiger partial charge is 0.307 e. The third-order valence-electron chi connectivity index (χ3n) is 0.667. The maximum atomic E-state index is 8.00. The second-order valence-corrected chi connectivity index (χ2v) is 1.15. The Kier molecular flexibility index (Phi) is 13.2. The number of carbonyl (C=O) groups excluding carboxylic acids is 1. The fourth-order valence-electron chi connectivity index (χ4n) is 0.385. The Morgan fingerprint density at radius 2 is 0.778 bits per heavy atom. The molecule has 0 aliphatic carbocycles. The van der Waals surface area contributed by atoms with Gasteiger partial charge in [0.1, 0.15) is 6.79 Å². The number of carbonyl (C=O) groups is 1. The predicted molar refractivity (Wildman–Crippen MR) is 33.6 cm³/mol. The summed E-state index contributed by atoms with van der Waals surface area (Å²) in [5, 5.41) is 0. The monoisotopic (exact) mass is 300 g/mol. The van der Waals surface area contributed by atoms with Gasteiger partial charge in [0.2, 0.25) is 0 Å². The van der Waals surface area contributed by atoms with Gasteiger partial charge in [0.05, 0.1) is 0 Å². The van der Waals surface area contributed by atoms with E-state index in [1.165, 1.54) is 0 Å². The van der Waals surface area contributed by atoms with Crippen LogP contribution >= 0.6 is 0 Å². The number of benzene rings is 1. The van der Waals surface area contributed by atoms with Crippen LogP contribution in [0, 0.1) is 0 Å². The van der Waals surface area contributed by atoms with Crippen LogP contribution in [-0.4, -0.2) is 6.79 Å². The molecule has 0 spiro atoms. The summed E-state index contributed by atoms with van der Waals surface area (Å²) in [7, 11) is 0. The molecule has 0 aromatic heterocycles. The molecule has 0 N–H and O–H groups in total. The van der Waals surface area contributed by atoms with E-state index < -0.39 is 0 Å². The Labute approximate surface area is 68.1 Å². The molecule has 1 nitrogen and oxygen atoms in total. The molecule has 9 heavy (non-hydrogen) atoms. The first-order chi connectivity index (χ1) is 4.00. The van der Waals surface area contributed by atoms with E-state index in [4.69, 9.17) is 4.79 Å². The van der Waals surface area contributed by atoms with Gasteiger partial charge in [-0.3, -0.25) is 0 Å². The topological polar surface area (TPSA) is 17.1 Å². The van der Waals surface area contributed by atoms with Gasteiger partial charge in [-0.05, 0) is 0 Å². The Morgan fingerprint density at radius 1 is 0.667 bits per heavy atom. The molecule has 0 radical (unpaired) electrons. The molecule has 0 heterocycles. The molecule has 1 aromatic rings. The van der Waals surface area contributed by atoms with Crippen LogP contribution in [0.2, 0.25) is 0 Å². The maximum absolute atomic E-state index is 8.00. The van der Waals surface area contributed by atoms with E-state index >= 15 is 0 Å². The second kappa shape index (κ2) is 10.5. The summed E-state index contributed by atoms with van der Waals surface area (Å²) in [4.78, 5) is 8.00. The number of hydrogen-bond donors (Lipinski definition) is 0. The number of rotatable bonds is 0. The molecular weight excluding hydrogens is 290 g/mol. The van der Waals surface area contributed by atoms with Crippen LogP contribution in [0.5, 0.6) is 0 Å². The summed E-state index contributed by atoms with van der Waals surface area (Å²) in [6, 6.07) is 12.0. The van der Waals surface area contributed by atoms with Gasteiger partial charge < -0.3 is 4.79 Å². The van der Waals surface area contributed by atoms with E-state index in [1.54, 1.807) is 0 Å². The van der Waals surface area contributed by atoms with Crippen molar-refractivity contribution in [2.75, 3.05) is 0 Å². The van der Waals surface area contributed by atoms with Crippen LogP contribution in [0.15, 0.2) is 36.4 Å². The SMILES string of the molecule is C=O.[Os].c1ccccc1. The Hall–Kier alpha value is -0.474. The molecule has 0 aliphatic rings. The zero-order chi connectivity index (χ0) is 6.24. The molecule has 1 rings (SSSR count). The van der Waals surface area contributed by atoms with E-state index in [0.29, 0.717) is 0 Å². The molecule has 0 unspecified atom stereocenters. The van der Waals surface area contributed by atoms with Gasteiger partial charge in [-0.15, -0.1) is 0 Å². The van der Waals surface area contributed by atoms with Gasteiger partial charge in [0.15, 0.2) is 0 Å². The van der Waals surface area contributed by atoms with Gasteiger partial charge >= 0.3 is 0 Å². The molecule has 0 fully saturated rings. The summed E-state index contributed by atoms with van der Waals surface area (Å²) in [6.45, 7) is 2.00. The predicted octanol–water partition coefficient (Wildman–Crippen LogP) is 1.50. The van der Waals surface area contributed by atoms with Crippen LogP contribution in [0.4, 0.5) is 0 Å². The molecule has 0 atom stereocenters. The fraction of sp³-hybridized carbons (Fsp3) is 0. The number of hydrogen-bond acceptors (Lipinski definition) is 1. The summed E-state index contributed by atoms with van der Waals surface area (Å²) in [5.74, 6) is 0. The third-order valence-corrected chi connectivity index (χ3v) is 0.667. The summed E-state index contributed by atoms with van der Waals surface area (Å²) >= 11 is 0. The van der Waals surface area contributed by atoms with Crippen molar-refractivity contribution in [2.45, 2.75) is 0 Å². The van der Waals surface area contributed by atoms with Gasteiger partial charge in [0, 0.05) is 19.8 Å². The smallest absolute Gasteiger partial charge is 0.106 e. The second-order valence-electron chi connectivity index (χ2n) is 1.15. The van der Waals surface area contributed by atoms with Gasteiger partial charge in [-0.2, -0.15) is 0 Å². The average molecular weight is 298 g/mol. The van der Waals surface area contributed by atoms with E-state index in [2.05, 4.69) is 0 Å². The van der Waals surface area contributed by atoms with Crippen molar-refractivity contribution in [1.82, 2.24) is 0 Å². The zero-order valence-electron chi connectivity index (χ0n) is 4.93. The van der Waals surface area contributed by atoms with E-state index in [9.17, 15) is 0 Å². The van der Waals surface area contributed by atoms with Gasteiger partial charge in [-0.1, -0.05) is 36.4 Å². The fourth-order valence-corrected chi connectivity index (χ4v) is 0.385. The third kappa shape index (κ3) is 7.53. The summed E-state index contributed by atoms with van der Waals surface area (Å²) in [6.07, 6.45) is 0. The molecule has 0 aliphatic heterocycles. The van der Waals surface area contributed by atoms with Gasteiger partial charge in [-0.25, -0.2) is 0 Å². The normalized spacial score (nSPS) is 5.78. The molecule has 0 saturated heterocycles. The average Bonchev–Trinajstić information content (AvgIpc) is 1.96. The first kappa shape index (κ1) is 11.3. The Morgan fingerprint density at radius 3 is 0.889 bits per heavy atom.